The summed E-state index contributed by atoms with van der Waals surface area (Å²) in [5.74, 6) is 0.639. The summed E-state index contributed by atoms with van der Waals surface area (Å²) in [4.78, 5) is 27.9. The van der Waals surface area contributed by atoms with Crippen molar-refractivity contribution in [1.29, 1.82) is 0 Å². The molecule has 0 radical (unpaired) electrons. The Morgan fingerprint density at radius 2 is 1.94 bits per heavy atom. The number of carbonyl (C=O) groups excluding carboxylic acids is 1. The maximum atomic E-state index is 13.4. The molecule has 3 aliphatic rings. The van der Waals surface area contributed by atoms with E-state index in [1.165, 1.54) is 5.56 Å². The quantitative estimate of drug-likeness (QED) is 0.560. The van der Waals surface area contributed by atoms with E-state index in [1.807, 2.05) is 23.1 Å². The number of aromatic nitrogens is 3. The lowest BCUT2D eigenvalue weighted by Gasteiger charge is -2.39. The number of nitrogens with zero attached hydrogens (tertiary/aromatic N) is 4. The SMILES string of the molecule is O=CC1COC2(CCN(c3ncc(C4c5[nH]c6ccccc6c5CCN4CC(F)F)cn3)CC2)C1. The summed E-state index contributed by atoms with van der Waals surface area (Å²) < 4.78 is 32.9. The molecule has 184 valence electrons. The number of carbonyl (C=O) groups is 1. The number of nitrogens with one attached hydrogen (secondary N) is 1. The van der Waals surface area contributed by atoms with Gasteiger partial charge < -0.3 is 19.4 Å². The van der Waals surface area contributed by atoms with Crippen molar-refractivity contribution in [2.45, 2.75) is 43.8 Å². The Balaban J connectivity index is 1.24. The normalized spacial score (nSPS) is 24.4. The van der Waals surface area contributed by atoms with E-state index in [-0.39, 0.29) is 24.1 Å². The molecular formula is C26H29F2N5O2. The molecule has 2 fully saturated rings. The van der Waals surface area contributed by atoms with Gasteiger partial charge in [-0.3, -0.25) is 4.90 Å². The van der Waals surface area contributed by atoms with Crippen molar-refractivity contribution < 1.29 is 18.3 Å². The molecule has 2 aromatic heterocycles. The van der Waals surface area contributed by atoms with E-state index in [2.05, 4.69) is 25.9 Å². The molecule has 2 unspecified atom stereocenters. The maximum Gasteiger partial charge on any atom is 0.251 e. The first-order chi connectivity index (χ1) is 17.0. The third-order valence-electron chi connectivity index (χ3n) is 7.87. The number of fused-ring (bicyclic) bond motifs is 3. The number of hydrogen-bond acceptors (Lipinski definition) is 6. The van der Waals surface area contributed by atoms with E-state index >= 15 is 0 Å². The fraction of sp³-hybridized carbons (Fsp3) is 0.500. The van der Waals surface area contributed by atoms with Gasteiger partial charge in [-0.25, -0.2) is 18.7 Å². The molecule has 1 N–H and O–H groups in total. The minimum atomic E-state index is -2.42. The molecule has 5 heterocycles. The van der Waals surface area contributed by atoms with Crippen LogP contribution in [0.15, 0.2) is 36.7 Å². The number of halogens is 2. The number of aldehydes is 1. The Hall–Kier alpha value is -2.91. The summed E-state index contributed by atoms with van der Waals surface area (Å²) in [6.07, 6.45) is 5.35. The molecule has 3 aromatic rings. The fourth-order valence-corrected chi connectivity index (χ4v) is 6.11. The molecule has 0 amide bonds. The van der Waals surface area contributed by atoms with Gasteiger partial charge in [0.1, 0.15) is 6.29 Å². The summed E-state index contributed by atoms with van der Waals surface area (Å²) in [6.45, 7) is 2.30. The molecule has 9 heteroatoms. The lowest BCUT2D eigenvalue weighted by Crippen LogP contribution is -2.44. The maximum absolute atomic E-state index is 13.4. The molecule has 3 aliphatic heterocycles. The van der Waals surface area contributed by atoms with Crippen molar-refractivity contribution in [1.82, 2.24) is 19.9 Å². The highest BCUT2D eigenvalue weighted by Crippen LogP contribution is 2.40. The standard InChI is InChI=1S/C26H29F2N5O2/c27-22(28)14-33-8-5-20-19-3-1-2-4-21(19)31-23(20)24(33)18-12-29-25(30-13-18)32-9-6-26(7-10-32)11-17(15-34)16-35-26/h1-4,12-13,15,17,22,24,31H,5-11,14,16H2. The Bertz CT molecular complexity index is 1210. The van der Waals surface area contributed by atoms with Crippen LogP contribution in [0, 0.1) is 5.92 Å². The molecule has 1 spiro atoms. The highest BCUT2D eigenvalue weighted by Gasteiger charge is 2.43. The van der Waals surface area contributed by atoms with Gasteiger partial charge >= 0.3 is 0 Å². The van der Waals surface area contributed by atoms with E-state index < -0.39 is 6.43 Å². The molecule has 0 aliphatic carbocycles. The van der Waals surface area contributed by atoms with Crippen LogP contribution in [0.5, 0.6) is 0 Å². The number of anilines is 1. The monoisotopic (exact) mass is 481 g/mol. The predicted molar refractivity (Wildman–Crippen MR) is 128 cm³/mol. The van der Waals surface area contributed by atoms with Crippen LogP contribution in [0.3, 0.4) is 0 Å². The molecule has 6 rings (SSSR count). The molecule has 0 bridgehead atoms. The zero-order valence-electron chi connectivity index (χ0n) is 19.5. The number of ether oxygens (including phenoxy) is 1. The number of rotatable bonds is 5. The third-order valence-corrected chi connectivity index (χ3v) is 7.87. The third kappa shape index (κ3) is 4.10. The zero-order chi connectivity index (χ0) is 24.0. The first kappa shape index (κ1) is 22.5. The van der Waals surface area contributed by atoms with Crippen LogP contribution in [0.4, 0.5) is 14.7 Å². The minimum Gasteiger partial charge on any atom is -0.374 e. The summed E-state index contributed by atoms with van der Waals surface area (Å²) in [5, 5.41) is 1.15. The van der Waals surface area contributed by atoms with Gasteiger partial charge in [-0.15, -0.1) is 0 Å². The van der Waals surface area contributed by atoms with Gasteiger partial charge in [-0.2, -0.15) is 0 Å². The van der Waals surface area contributed by atoms with Crippen LogP contribution in [0.2, 0.25) is 0 Å². The second-order valence-electron chi connectivity index (χ2n) is 10.00. The first-order valence-electron chi connectivity index (χ1n) is 12.3. The van der Waals surface area contributed by atoms with Crippen molar-refractivity contribution in [3.8, 4) is 0 Å². The van der Waals surface area contributed by atoms with Gasteiger partial charge in [0.25, 0.3) is 6.43 Å². The number of para-hydroxylation sites is 1. The first-order valence-corrected chi connectivity index (χ1v) is 12.3. The van der Waals surface area contributed by atoms with E-state index in [9.17, 15) is 13.6 Å². The number of H-pyrrole nitrogens is 1. The van der Waals surface area contributed by atoms with Crippen molar-refractivity contribution in [3.63, 3.8) is 0 Å². The second-order valence-corrected chi connectivity index (χ2v) is 10.00. The number of benzene rings is 1. The van der Waals surface area contributed by atoms with E-state index in [4.69, 9.17) is 4.74 Å². The van der Waals surface area contributed by atoms with Crippen LogP contribution >= 0.6 is 0 Å². The van der Waals surface area contributed by atoms with Gasteiger partial charge in [0.05, 0.1) is 24.8 Å². The van der Waals surface area contributed by atoms with Gasteiger partial charge in [-0.05, 0) is 37.3 Å². The van der Waals surface area contributed by atoms with Crippen LogP contribution in [-0.2, 0) is 16.0 Å². The number of alkyl halides is 2. The van der Waals surface area contributed by atoms with E-state index in [0.29, 0.717) is 19.1 Å². The summed E-state index contributed by atoms with van der Waals surface area (Å²) >= 11 is 0. The molecule has 35 heavy (non-hydrogen) atoms. The van der Waals surface area contributed by atoms with E-state index in [0.717, 1.165) is 67.2 Å². The molecule has 2 atom stereocenters. The molecule has 7 nitrogen and oxygen atoms in total. The zero-order valence-corrected chi connectivity index (χ0v) is 19.5. The molecule has 0 saturated carbocycles. The smallest absolute Gasteiger partial charge is 0.251 e. The average molecular weight is 482 g/mol. The van der Waals surface area contributed by atoms with Gasteiger partial charge in [0, 0.05) is 60.1 Å². The molecule has 1 aromatic carbocycles. The van der Waals surface area contributed by atoms with Crippen LogP contribution in [0.1, 0.15) is 42.1 Å². The summed E-state index contributed by atoms with van der Waals surface area (Å²) in [6, 6.07) is 7.75. The Kier molecular flexibility index (Phi) is 5.76. The Morgan fingerprint density at radius 3 is 2.66 bits per heavy atom. The van der Waals surface area contributed by atoms with Gasteiger partial charge in [0.15, 0.2) is 0 Å². The highest BCUT2D eigenvalue weighted by atomic mass is 19.3. The van der Waals surface area contributed by atoms with Crippen LogP contribution < -0.4 is 4.90 Å². The van der Waals surface area contributed by atoms with Gasteiger partial charge in [-0.1, -0.05) is 18.2 Å². The van der Waals surface area contributed by atoms with Crippen molar-refractivity contribution >= 4 is 23.1 Å². The van der Waals surface area contributed by atoms with Gasteiger partial charge in [0.2, 0.25) is 5.95 Å². The van der Waals surface area contributed by atoms with Crippen molar-refractivity contribution in [2.24, 2.45) is 5.92 Å². The Morgan fingerprint density at radius 1 is 1.17 bits per heavy atom. The highest BCUT2D eigenvalue weighted by molar-refractivity contribution is 5.85. The molecule has 2 saturated heterocycles. The van der Waals surface area contributed by atoms with Crippen molar-refractivity contribution in [2.75, 3.05) is 37.7 Å². The van der Waals surface area contributed by atoms with Crippen LogP contribution in [0.25, 0.3) is 10.9 Å². The van der Waals surface area contributed by atoms with Crippen molar-refractivity contribution in [3.05, 3.63) is 53.5 Å². The molecular weight excluding hydrogens is 452 g/mol. The number of piperidine rings is 1. The van der Waals surface area contributed by atoms with E-state index in [1.54, 1.807) is 12.4 Å². The average Bonchev–Trinajstić information content (AvgIpc) is 3.45. The minimum absolute atomic E-state index is 0.00158. The largest absolute Gasteiger partial charge is 0.374 e. The summed E-state index contributed by atoms with van der Waals surface area (Å²) in [5.41, 5.74) is 3.77. The lowest BCUT2D eigenvalue weighted by molar-refractivity contribution is -0.111. The topological polar surface area (TPSA) is 74.3 Å². The lowest BCUT2D eigenvalue weighted by atomic mass is 9.86. The number of aromatic amines is 1. The fourth-order valence-electron chi connectivity index (χ4n) is 6.11. The predicted octanol–water partition coefficient (Wildman–Crippen LogP) is 3.74. The summed E-state index contributed by atoms with van der Waals surface area (Å²) in [7, 11) is 0. The Labute approximate surface area is 202 Å². The van der Waals surface area contributed by atoms with Crippen LogP contribution in [-0.4, -0.2) is 71.0 Å². The number of hydrogen-bond donors (Lipinski definition) is 1. The second kappa shape index (κ2) is 8.95.